The lowest BCUT2D eigenvalue weighted by molar-refractivity contribution is -0.138. The summed E-state index contributed by atoms with van der Waals surface area (Å²) in [5.74, 6) is -0.485. The molecule has 1 fully saturated rings. The van der Waals surface area contributed by atoms with Gasteiger partial charge in [0, 0.05) is 43.6 Å². The van der Waals surface area contributed by atoms with Crippen LogP contribution in [0.4, 0.5) is 5.95 Å². The standard InChI is InChI=1S/C18H16Cl2N8O3/c19-12-1-2-14(20)13(7-12)17(31)26-3-5-27(6-4-26)18-21-8-11(9-22-18)16-23-25-28(24-16)10-15(29)30/h1-2,7-9H,3-6,10H2,(H,29,30). The van der Waals surface area contributed by atoms with E-state index in [1.165, 1.54) is 0 Å². The first kappa shape index (κ1) is 20.9. The molecular weight excluding hydrogens is 447 g/mol. The van der Waals surface area contributed by atoms with Crippen molar-refractivity contribution in [2.45, 2.75) is 6.54 Å². The Bertz CT molecular complexity index is 1110. The van der Waals surface area contributed by atoms with Gasteiger partial charge >= 0.3 is 5.97 Å². The Hall–Kier alpha value is -3.31. The van der Waals surface area contributed by atoms with Crippen LogP contribution in [0.15, 0.2) is 30.6 Å². The first-order chi connectivity index (χ1) is 14.9. The number of carboxylic acid groups (broad SMARTS) is 1. The van der Waals surface area contributed by atoms with Crippen molar-refractivity contribution in [3.63, 3.8) is 0 Å². The number of hydrogen-bond donors (Lipinski definition) is 1. The number of carbonyl (C=O) groups excluding carboxylic acids is 1. The zero-order chi connectivity index (χ0) is 22.0. The van der Waals surface area contributed by atoms with E-state index in [9.17, 15) is 9.59 Å². The normalized spacial score (nSPS) is 14.0. The number of hydrogen-bond acceptors (Lipinski definition) is 8. The number of nitrogens with zero attached hydrogens (tertiary/aromatic N) is 8. The molecule has 4 rings (SSSR count). The van der Waals surface area contributed by atoms with E-state index in [0.29, 0.717) is 53.3 Å². The van der Waals surface area contributed by atoms with Gasteiger partial charge in [-0.05, 0) is 23.4 Å². The van der Waals surface area contributed by atoms with Crippen molar-refractivity contribution >= 4 is 41.0 Å². The third kappa shape index (κ3) is 4.72. The van der Waals surface area contributed by atoms with Crippen LogP contribution in [-0.4, -0.2) is 78.2 Å². The summed E-state index contributed by atoms with van der Waals surface area (Å²) in [6.45, 7) is 1.69. The summed E-state index contributed by atoms with van der Waals surface area (Å²) in [5, 5.41) is 21.1. The van der Waals surface area contributed by atoms with Crippen LogP contribution in [0.25, 0.3) is 11.4 Å². The van der Waals surface area contributed by atoms with Gasteiger partial charge in [-0.3, -0.25) is 9.59 Å². The summed E-state index contributed by atoms with van der Waals surface area (Å²) in [5.41, 5.74) is 0.900. The molecule has 3 aromatic rings. The largest absolute Gasteiger partial charge is 0.480 e. The van der Waals surface area contributed by atoms with Crippen LogP contribution < -0.4 is 4.90 Å². The second-order valence-corrected chi connectivity index (χ2v) is 7.56. The van der Waals surface area contributed by atoms with Crippen molar-refractivity contribution in [3.8, 4) is 11.4 Å². The van der Waals surface area contributed by atoms with Crippen molar-refractivity contribution in [3.05, 3.63) is 46.2 Å². The Morgan fingerprint density at radius 3 is 2.45 bits per heavy atom. The van der Waals surface area contributed by atoms with Crippen molar-refractivity contribution in [1.82, 2.24) is 35.1 Å². The number of aliphatic carboxylic acids is 1. The molecule has 0 atom stereocenters. The molecule has 31 heavy (non-hydrogen) atoms. The van der Waals surface area contributed by atoms with Gasteiger partial charge in [-0.2, -0.15) is 4.80 Å². The number of carbonyl (C=O) groups is 2. The molecule has 1 aliphatic rings. The second kappa shape index (κ2) is 8.82. The average molecular weight is 463 g/mol. The van der Waals surface area contributed by atoms with Crippen LogP contribution in [0.1, 0.15) is 10.4 Å². The van der Waals surface area contributed by atoms with Gasteiger partial charge in [0.15, 0.2) is 6.54 Å². The van der Waals surface area contributed by atoms with E-state index in [-0.39, 0.29) is 18.3 Å². The lowest BCUT2D eigenvalue weighted by Gasteiger charge is -2.34. The Kier molecular flexibility index (Phi) is 5.96. The van der Waals surface area contributed by atoms with Gasteiger partial charge in [0.2, 0.25) is 11.8 Å². The fourth-order valence-electron chi connectivity index (χ4n) is 3.09. The number of anilines is 1. The van der Waals surface area contributed by atoms with E-state index < -0.39 is 5.97 Å². The number of amides is 1. The second-order valence-electron chi connectivity index (χ2n) is 6.71. The minimum Gasteiger partial charge on any atom is -0.480 e. The average Bonchev–Trinajstić information content (AvgIpc) is 3.23. The molecule has 11 nitrogen and oxygen atoms in total. The first-order valence-corrected chi connectivity index (χ1v) is 9.97. The molecule has 0 saturated carbocycles. The Morgan fingerprint density at radius 2 is 1.77 bits per heavy atom. The quantitative estimate of drug-likeness (QED) is 0.598. The lowest BCUT2D eigenvalue weighted by atomic mass is 10.2. The van der Waals surface area contributed by atoms with E-state index in [0.717, 1.165) is 4.80 Å². The number of rotatable bonds is 5. The number of carboxylic acids is 1. The number of tetrazole rings is 1. The number of halogens is 2. The van der Waals surface area contributed by atoms with E-state index >= 15 is 0 Å². The van der Waals surface area contributed by atoms with Crippen molar-refractivity contribution in [2.75, 3.05) is 31.1 Å². The molecule has 0 spiro atoms. The smallest absolute Gasteiger partial charge is 0.327 e. The third-order valence-electron chi connectivity index (χ3n) is 4.63. The van der Waals surface area contributed by atoms with Crippen molar-refractivity contribution in [1.29, 1.82) is 0 Å². The maximum Gasteiger partial charge on any atom is 0.327 e. The molecule has 160 valence electrons. The highest BCUT2D eigenvalue weighted by Crippen LogP contribution is 2.23. The van der Waals surface area contributed by atoms with Crippen LogP contribution >= 0.6 is 23.2 Å². The SMILES string of the molecule is O=C(O)Cn1nnc(-c2cnc(N3CCN(C(=O)c4cc(Cl)ccc4Cl)CC3)nc2)n1. The van der Waals surface area contributed by atoms with E-state index in [1.807, 2.05) is 4.90 Å². The highest BCUT2D eigenvalue weighted by Gasteiger charge is 2.25. The number of benzene rings is 1. The topological polar surface area (TPSA) is 130 Å². The van der Waals surface area contributed by atoms with E-state index in [4.69, 9.17) is 28.3 Å². The fourth-order valence-corrected chi connectivity index (χ4v) is 3.46. The molecule has 1 saturated heterocycles. The lowest BCUT2D eigenvalue weighted by Crippen LogP contribution is -2.49. The zero-order valence-electron chi connectivity index (χ0n) is 16.0. The van der Waals surface area contributed by atoms with Crippen LogP contribution in [0.3, 0.4) is 0 Å². The van der Waals surface area contributed by atoms with Gasteiger partial charge in [-0.1, -0.05) is 23.2 Å². The molecule has 3 heterocycles. The molecule has 1 aromatic carbocycles. The molecular formula is C18H16Cl2N8O3. The monoisotopic (exact) mass is 462 g/mol. The first-order valence-electron chi connectivity index (χ1n) is 9.22. The molecule has 1 amide bonds. The minimum atomic E-state index is -1.06. The highest BCUT2D eigenvalue weighted by molar-refractivity contribution is 6.35. The molecule has 1 aliphatic heterocycles. The van der Waals surface area contributed by atoms with Crippen molar-refractivity contribution < 1.29 is 14.7 Å². The molecule has 1 N–H and O–H groups in total. The third-order valence-corrected chi connectivity index (χ3v) is 5.20. The van der Waals surface area contributed by atoms with Gasteiger partial charge in [0.05, 0.1) is 16.1 Å². The van der Waals surface area contributed by atoms with E-state index in [1.54, 1.807) is 35.5 Å². The van der Waals surface area contributed by atoms with Crippen LogP contribution in [-0.2, 0) is 11.3 Å². The van der Waals surface area contributed by atoms with Gasteiger partial charge in [0.1, 0.15) is 0 Å². The molecule has 0 radical (unpaired) electrons. The Morgan fingerprint density at radius 1 is 1.06 bits per heavy atom. The predicted molar refractivity (Wildman–Crippen MR) is 111 cm³/mol. The fraction of sp³-hybridized carbons (Fsp3) is 0.278. The Labute approximate surface area is 186 Å². The van der Waals surface area contributed by atoms with Gasteiger partial charge < -0.3 is 14.9 Å². The van der Waals surface area contributed by atoms with Crippen molar-refractivity contribution in [2.24, 2.45) is 0 Å². The predicted octanol–water partition coefficient (Wildman–Crippen LogP) is 1.48. The van der Waals surface area contributed by atoms with Crippen LogP contribution in [0, 0.1) is 0 Å². The summed E-state index contributed by atoms with van der Waals surface area (Å²) in [7, 11) is 0. The highest BCUT2D eigenvalue weighted by atomic mass is 35.5. The maximum absolute atomic E-state index is 12.8. The summed E-state index contributed by atoms with van der Waals surface area (Å²) in [6, 6.07) is 4.82. The number of aromatic nitrogens is 6. The minimum absolute atomic E-state index is 0.168. The molecule has 2 aromatic heterocycles. The van der Waals surface area contributed by atoms with Gasteiger partial charge in [-0.15, -0.1) is 10.2 Å². The molecule has 0 bridgehead atoms. The molecule has 0 aliphatic carbocycles. The maximum atomic E-state index is 12.8. The Balaban J connectivity index is 1.39. The molecule has 13 heteroatoms. The summed E-state index contributed by atoms with van der Waals surface area (Å²) in [6.07, 6.45) is 3.10. The van der Waals surface area contributed by atoms with Crippen LogP contribution in [0.5, 0.6) is 0 Å². The molecule has 0 unspecified atom stereocenters. The summed E-state index contributed by atoms with van der Waals surface area (Å²) >= 11 is 12.1. The summed E-state index contributed by atoms with van der Waals surface area (Å²) < 4.78 is 0. The summed E-state index contributed by atoms with van der Waals surface area (Å²) in [4.78, 5) is 36.8. The van der Waals surface area contributed by atoms with E-state index in [2.05, 4.69) is 25.4 Å². The van der Waals surface area contributed by atoms with Crippen LogP contribution in [0.2, 0.25) is 10.0 Å². The zero-order valence-corrected chi connectivity index (χ0v) is 17.5. The number of piperazine rings is 1. The van der Waals surface area contributed by atoms with Gasteiger partial charge in [-0.25, -0.2) is 9.97 Å². The van der Waals surface area contributed by atoms with Gasteiger partial charge in [0.25, 0.3) is 5.91 Å².